The van der Waals surface area contributed by atoms with Gasteiger partial charge in [0.25, 0.3) is 0 Å². The van der Waals surface area contributed by atoms with Crippen LogP contribution in [0.25, 0.3) is 0 Å². The molecule has 0 aromatic heterocycles. The second-order valence-corrected chi connectivity index (χ2v) is 3.88. The van der Waals surface area contributed by atoms with Gasteiger partial charge in [-0.2, -0.15) is 25.3 Å². The van der Waals surface area contributed by atoms with Crippen LogP contribution in [0, 0.1) is 0 Å². The van der Waals surface area contributed by atoms with E-state index in [4.69, 9.17) is 0 Å². The van der Waals surface area contributed by atoms with Gasteiger partial charge < -0.3 is 0 Å². The highest BCUT2D eigenvalue weighted by molar-refractivity contribution is 7.82. The van der Waals surface area contributed by atoms with E-state index >= 15 is 0 Å². The van der Waals surface area contributed by atoms with Gasteiger partial charge in [0.1, 0.15) is 0 Å². The van der Waals surface area contributed by atoms with Crippen LogP contribution in [0.1, 0.15) is 0 Å². The van der Waals surface area contributed by atoms with Gasteiger partial charge in [-0.1, -0.05) is 12.8 Å². The summed E-state index contributed by atoms with van der Waals surface area (Å²) in [6.45, 7) is 1.73. The van der Waals surface area contributed by atoms with E-state index in [1.807, 2.05) is 4.31 Å². The van der Waals surface area contributed by atoms with Crippen molar-refractivity contribution >= 4 is 38.1 Å². The van der Waals surface area contributed by atoms with Crippen LogP contribution in [-0.2, 0) is 0 Å². The molecule has 1 N–H and O–H groups in total. The second-order valence-electron chi connectivity index (χ2n) is 2.07. The SMILES string of the molecule is SC1CN(S)CC(S)N1. The number of nitrogens with one attached hydrogen (secondary N) is 1. The fraction of sp³-hybridized carbons (Fsp3) is 1.00. The van der Waals surface area contributed by atoms with Crippen molar-refractivity contribution < 1.29 is 0 Å². The van der Waals surface area contributed by atoms with Crippen LogP contribution in [0.5, 0.6) is 0 Å². The Balaban J connectivity index is 2.34. The van der Waals surface area contributed by atoms with Gasteiger partial charge in [-0.15, -0.1) is 0 Å². The molecular formula is C4H10N2S3. The summed E-state index contributed by atoms with van der Waals surface area (Å²) in [5, 5.41) is 3.56. The van der Waals surface area contributed by atoms with Crippen molar-refractivity contribution in [1.29, 1.82) is 0 Å². The van der Waals surface area contributed by atoms with Crippen LogP contribution in [0.2, 0.25) is 0 Å². The topological polar surface area (TPSA) is 15.3 Å². The Kier molecular flexibility index (Phi) is 3.04. The predicted molar refractivity (Wildman–Crippen MR) is 49.2 cm³/mol. The van der Waals surface area contributed by atoms with Crippen molar-refractivity contribution in [2.24, 2.45) is 0 Å². The Morgan fingerprint density at radius 2 is 1.67 bits per heavy atom. The standard InChI is InChI=1S/C4H10N2S3/c7-3-1-6(9)2-4(8)5-3/h3-5,7-9H,1-2H2. The number of hydrogen-bond donors (Lipinski definition) is 4. The second kappa shape index (κ2) is 3.39. The van der Waals surface area contributed by atoms with Gasteiger partial charge in [0.05, 0.1) is 10.7 Å². The molecule has 2 atom stereocenters. The molecule has 0 spiro atoms. The Morgan fingerprint density at radius 3 is 2.00 bits per heavy atom. The van der Waals surface area contributed by atoms with E-state index in [9.17, 15) is 0 Å². The average molecular weight is 182 g/mol. The molecule has 1 rings (SSSR count). The molecule has 0 aliphatic carbocycles. The molecule has 1 aliphatic heterocycles. The number of nitrogens with zero attached hydrogens (tertiary/aromatic N) is 1. The van der Waals surface area contributed by atoms with E-state index in [0.29, 0.717) is 0 Å². The van der Waals surface area contributed by atoms with Crippen molar-refractivity contribution in [3.05, 3.63) is 0 Å². The van der Waals surface area contributed by atoms with Crippen LogP contribution in [0.15, 0.2) is 0 Å². The summed E-state index contributed by atoms with van der Waals surface area (Å²) in [6.07, 6.45) is 0. The van der Waals surface area contributed by atoms with Gasteiger partial charge in [-0.3, -0.25) is 5.32 Å². The maximum atomic E-state index is 4.23. The molecule has 0 bridgehead atoms. The molecule has 2 nitrogen and oxygen atoms in total. The van der Waals surface area contributed by atoms with Crippen LogP contribution < -0.4 is 5.32 Å². The third-order valence-corrected chi connectivity index (χ3v) is 2.10. The summed E-state index contributed by atoms with van der Waals surface area (Å²) in [5.41, 5.74) is 0. The quantitative estimate of drug-likeness (QED) is 0.402. The summed E-state index contributed by atoms with van der Waals surface area (Å²) in [4.78, 5) is 0. The maximum absolute atomic E-state index is 4.23. The van der Waals surface area contributed by atoms with E-state index in [1.54, 1.807) is 0 Å². The molecule has 0 aromatic rings. The number of rotatable bonds is 0. The molecule has 2 unspecified atom stereocenters. The third kappa shape index (κ3) is 2.59. The van der Waals surface area contributed by atoms with Crippen LogP contribution in [0.3, 0.4) is 0 Å². The van der Waals surface area contributed by atoms with E-state index in [-0.39, 0.29) is 10.7 Å². The predicted octanol–water partition coefficient (Wildman–Crippen LogP) is 0.248. The van der Waals surface area contributed by atoms with Gasteiger partial charge >= 0.3 is 0 Å². The van der Waals surface area contributed by atoms with Gasteiger partial charge in [-0.05, 0) is 0 Å². The minimum absolute atomic E-state index is 0.207. The maximum Gasteiger partial charge on any atom is 0.0649 e. The molecule has 0 saturated carbocycles. The van der Waals surface area contributed by atoms with Crippen molar-refractivity contribution in [3.8, 4) is 0 Å². The Morgan fingerprint density at radius 1 is 1.22 bits per heavy atom. The molecular weight excluding hydrogens is 172 g/mol. The summed E-state index contributed by atoms with van der Waals surface area (Å²) < 4.78 is 1.91. The van der Waals surface area contributed by atoms with E-state index < -0.39 is 0 Å². The lowest BCUT2D eigenvalue weighted by Gasteiger charge is -2.31. The van der Waals surface area contributed by atoms with E-state index in [1.165, 1.54) is 0 Å². The minimum atomic E-state index is 0.207. The highest BCUT2D eigenvalue weighted by Crippen LogP contribution is 2.10. The molecule has 1 saturated heterocycles. The molecule has 0 radical (unpaired) electrons. The first-order valence-corrected chi connectivity index (χ1v) is 4.18. The highest BCUT2D eigenvalue weighted by atomic mass is 32.1. The summed E-state index contributed by atoms with van der Waals surface area (Å²) in [5.74, 6) is 0. The third-order valence-electron chi connectivity index (χ3n) is 1.15. The average Bonchev–Trinajstić information content (AvgIpc) is 1.59. The van der Waals surface area contributed by atoms with Crippen LogP contribution in [-0.4, -0.2) is 28.1 Å². The largest absolute Gasteiger partial charge is 0.292 e. The fourth-order valence-corrected chi connectivity index (χ4v) is 2.26. The van der Waals surface area contributed by atoms with Crippen molar-refractivity contribution in [2.45, 2.75) is 10.7 Å². The van der Waals surface area contributed by atoms with E-state index in [2.05, 4.69) is 43.4 Å². The number of thiol groups is 3. The zero-order valence-electron chi connectivity index (χ0n) is 4.86. The Hall–Kier alpha value is 0.970. The molecule has 1 aliphatic rings. The number of piperazine rings is 1. The van der Waals surface area contributed by atoms with Crippen LogP contribution in [0.4, 0.5) is 0 Å². The lowest BCUT2D eigenvalue weighted by Crippen LogP contribution is -2.48. The van der Waals surface area contributed by atoms with Gasteiger partial charge in [0, 0.05) is 13.1 Å². The normalized spacial score (nSPS) is 39.0. The molecule has 1 fully saturated rings. The molecule has 9 heavy (non-hydrogen) atoms. The first-order chi connectivity index (χ1) is 4.18. The van der Waals surface area contributed by atoms with Crippen molar-refractivity contribution in [3.63, 3.8) is 0 Å². The molecule has 54 valence electrons. The van der Waals surface area contributed by atoms with E-state index in [0.717, 1.165) is 13.1 Å². The summed E-state index contributed by atoms with van der Waals surface area (Å²) >= 11 is 12.6. The lowest BCUT2D eigenvalue weighted by atomic mass is 10.4. The first-order valence-electron chi connectivity index (χ1n) is 2.74. The van der Waals surface area contributed by atoms with Gasteiger partial charge in [-0.25, -0.2) is 4.31 Å². The summed E-state index contributed by atoms with van der Waals surface area (Å²) in [7, 11) is 0. The fourth-order valence-electron chi connectivity index (χ4n) is 0.801. The van der Waals surface area contributed by atoms with Crippen molar-refractivity contribution in [2.75, 3.05) is 13.1 Å². The molecule has 5 heteroatoms. The smallest absolute Gasteiger partial charge is 0.0649 e. The van der Waals surface area contributed by atoms with Gasteiger partial charge in [0.15, 0.2) is 0 Å². The van der Waals surface area contributed by atoms with Gasteiger partial charge in [0.2, 0.25) is 0 Å². The number of hydrogen-bond acceptors (Lipinski definition) is 5. The molecule has 0 amide bonds. The minimum Gasteiger partial charge on any atom is -0.292 e. The zero-order valence-corrected chi connectivity index (χ0v) is 7.54. The Bertz CT molecular complexity index is 74.8. The Labute approximate surface area is 71.7 Å². The highest BCUT2D eigenvalue weighted by Gasteiger charge is 2.18. The monoisotopic (exact) mass is 182 g/mol. The van der Waals surface area contributed by atoms with Crippen molar-refractivity contribution in [1.82, 2.24) is 9.62 Å². The molecule has 1 heterocycles. The first kappa shape index (κ1) is 8.07. The zero-order chi connectivity index (χ0) is 6.85. The summed E-state index contributed by atoms with van der Waals surface area (Å²) in [6, 6.07) is 0. The molecule has 0 aromatic carbocycles. The van der Waals surface area contributed by atoms with Crippen LogP contribution >= 0.6 is 38.1 Å². The lowest BCUT2D eigenvalue weighted by molar-refractivity contribution is 0.366.